The molecule has 0 aromatic carbocycles. The first-order valence-corrected chi connectivity index (χ1v) is 32.8. The van der Waals surface area contributed by atoms with Crippen molar-refractivity contribution >= 4 is 39.5 Å². The van der Waals surface area contributed by atoms with Crippen molar-refractivity contribution in [3.63, 3.8) is 0 Å². The predicted octanol–water partition coefficient (Wildman–Crippen LogP) is 14.8. The van der Waals surface area contributed by atoms with Gasteiger partial charge in [0.1, 0.15) is 19.3 Å². The van der Waals surface area contributed by atoms with E-state index < -0.39 is 97.5 Å². The lowest BCUT2D eigenvalue weighted by molar-refractivity contribution is -0.161. The van der Waals surface area contributed by atoms with Crippen LogP contribution in [0.5, 0.6) is 0 Å². The van der Waals surface area contributed by atoms with Crippen LogP contribution in [0, 0.1) is 0 Å². The zero-order valence-electron chi connectivity index (χ0n) is 47.5. The van der Waals surface area contributed by atoms with Crippen LogP contribution in [0.25, 0.3) is 0 Å². The number of phosphoric ester groups is 2. The third kappa shape index (κ3) is 51.3. The van der Waals surface area contributed by atoms with E-state index in [0.717, 1.165) is 103 Å². The van der Waals surface area contributed by atoms with Gasteiger partial charge in [0, 0.05) is 25.7 Å². The van der Waals surface area contributed by atoms with E-state index in [-0.39, 0.29) is 25.7 Å². The Morgan fingerprint density at radius 3 is 0.787 bits per heavy atom. The van der Waals surface area contributed by atoms with E-state index in [1.54, 1.807) is 0 Å². The standard InChI is InChI=1S/C56H108O17P2/c1-5-9-13-17-21-24-27-31-35-39-43-56(61)73-52(47-67-54(59)41-37-33-29-25-22-18-14-10-6-2)49-71-75(64,65)69-45-50(57)44-68-74(62,63)70-48-51(46-66-53(58)40-36-32-28-20-16-12-8-4)72-55(60)42-38-34-30-26-23-19-15-11-7-3/h50-52,57H,5-49H2,1-4H3,(H,62,63)(H,64,65)/t50-,51+,52+/m0/s1. The number of esters is 4. The molecule has 0 aliphatic carbocycles. The van der Waals surface area contributed by atoms with Crippen LogP contribution < -0.4 is 0 Å². The van der Waals surface area contributed by atoms with Crippen molar-refractivity contribution in [3.05, 3.63) is 0 Å². The zero-order valence-corrected chi connectivity index (χ0v) is 49.3. The molecule has 19 heteroatoms. The minimum Gasteiger partial charge on any atom is -0.462 e. The fourth-order valence-corrected chi connectivity index (χ4v) is 9.80. The highest BCUT2D eigenvalue weighted by Gasteiger charge is 2.30. The van der Waals surface area contributed by atoms with E-state index in [9.17, 15) is 43.2 Å². The molecule has 0 radical (unpaired) electrons. The van der Waals surface area contributed by atoms with Gasteiger partial charge >= 0.3 is 39.5 Å². The summed E-state index contributed by atoms with van der Waals surface area (Å²) in [5.41, 5.74) is 0. The maximum Gasteiger partial charge on any atom is 0.472 e. The minimum absolute atomic E-state index is 0.106. The van der Waals surface area contributed by atoms with Crippen molar-refractivity contribution in [2.75, 3.05) is 39.6 Å². The van der Waals surface area contributed by atoms with E-state index in [1.807, 2.05) is 0 Å². The Morgan fingerprint density at radius 1 is 0.320 bits per heavy atom. The molecule has 75 heavy (non-hydrogen) atoms. The van der Waals surface area contributed by atoms with E-state index >= 15 is 0 Å². The van der Waals surface area contributed by atoms with Crippen molar-refractivity contribution in [3.8, 4) is 0 Å². The highest BCUT2D eigenvalue weighted by Crippen LogP contribution is 2.45. The summed E-state index contributed by atoms with van der Waals surface area (Å²) >= 11 is 0. The Kier molecular flexibility index (Phi) is 50.2. The van der Waals surface area contributed by atoms with Crippen LogP contribution in [-0.2, 0) is 65.4 Å². The van der Waals surface area contributed by atoms with Gasteiger partial charge in [0.25, 0.3) is 0 Å². The van der Waals surface area contributed by atoms with Crippen LogP contribution >= 0.6 is 15.6 Å². The second-order valence-electron chi connectivity index (χ2n) is 20.3. The molecule has 0 aliphatic heterocycles. The Morgan fingerprint density at radius 2 is 0.533 bits per heavy atom. The van der Waals surface area contributed by atoms with Crippen LogP contribution in [-0.4, -0.2) is 96.7 Å². The maximum absolute atomic E-state index is 12.9. The van der Waals surface area contributed by atoms with Gasteiger partial charge in [-0.1, -0.05) is 227 Å². The molecule has 0 amide bonds. The third-order valence-corrected chi connectivity index (χ3v) is 14.8. The third-order valence-electron chi connectivity index (χ3n) is 12.9. The summed E-state index contributed by atoms with van der Waals surface area (Å²) in [5.74, 6) is -2.15. The fourth-order valence-electron chi connectivity index (χ4n) is 8.22. The Balaban J connectivity index is 5.20. The summed E-state index contributed by atoms with van der Waals surface area (Å²) in [6.07, 6.45) is 33.5. The van der Waals surface area contributed by atoms with E-state index in [0.29, 0.717) is 25.7 Å². The van der Waals surface area contributed by atoms with Crippen molar-refractivity contribution in [1.29, 1.82) is 0 Å². The topological polar surface area (TPSA) is 237 Å². The Bertz CT molecular complexity index is 1470. The lowest BCUT2D eigenvalue weighted by Crippen LogP contribution is -2.30. The first-order valence-electron chi connectivity index (χ1n) is 29.8. The van der Waals surface area contributed by atoms with E-state index in [4.69, 9.17) is 37.0 Å². The molecule has 0 fully saturated rings. The van der Waals surface area contributed by atoms with Gasteiger partial charge in [-0.2, -0.15) is 0 Å². The number of aliphatic hydroxyl groups excluding tert-OH is 1. The van der Waals surface area contributed by atoms with Crippen molar-refractivity contribution in [2.24, 2.45) is 0 Å². The summed E-state index contributed by atoms with van der Waals surface area (Å²) in [6, 6.07) is 0. The predicted molar refractivity (Wildman–Crippen MR) is 294 cm³/mol. The minimum atomic E-state index is -4.93. The summed E-state index contributed by atoms with van der Waals surface area (Å²) < 4.78 is 67.5. The molecular weight excluding hydrogens is 1010 g/mol. The van der Waals surface area contributed by atoms with Gasteiger partial charge in [-0.05, 0) is 25.7 Å². The second-order valence-corrected chi connectivity index (χ2v) is 23.2. The van der Waals surface area contributed by atoms with Gasteiger partial charge in [0.15, 0.2) is 12.2 Å². The summed E-state index contributed by atoms with van der Waals surface area (Å²) in [7, 11) is -9.86. The SMILES string of the molecule is CCCCCCCCCCCCC(=O)O[C@H](COC(=O)CCCCCCCCCCC)COP(=O)(O)OC[C@@H](O)COP(=O)(O)OC[C@@H](COC(=O)CCCCCCCCC)OC(=O)CCCCCCCCCCC. The average Bonchev–Trinajstić information content (AvgIpc) is 3.38. The summed E-state index contributed by atoms with van der Waals surface area (Å²) in [4.78, 5) is 71.6. The van der Waals surface area contributed by atoms with Gasteiger partial charge in [-0.3, -0.25) is 37.3 Å². The monoisotopic (exact) mass is 1110 g/mol. The van der Waals surface area contributed by atoms with Crippen LogP contribution in [0.15, 0.2) is 0 Å². The van der Waals surface area contributed by atoms with Crippen molar-refractivity contribution in [1.82, 2.24) is 0 Å². The van der Waals surface area contributed by atoms with Gasteiger partial charge in [-0.15, -0.1) is 0 Å². The van der Waals surface area contributed by atoms with Crippen molar-refractivity contribution in [2.45, 2.75) is 296 Å². The molecule has 0 aromatic heterocycles. The number of carbonyl (C=O) groups excluding carboxylic acids is 4. The lowest BCUT2D eigenvalue weighted by atomic mass is 10.1. The quantitative estimate of drug-likeness (QED) is 0.0222. The molecule has 0 saturated heterocycles. The maximum atomic E-state index is 12.9. The number of aliphatic hydroxyl groups is 1. The van der Waals surface area contributed by atoms with E-state index in [1.165, 1.54) is 96.3 Å². The molecule has 5 atom stereocenters. The summed E-state index contributed by atoms with van der Waals surface area (Å²) in [6.45, 7) is 4.75. The molecule has 444 valence electrons. The fraction of sp³-hybridized carbons (Fsp3) is 0.929. The molecule has 17 nitrogen and oxygen atoms in total. The largest absolute Gasteiger partial charge is 0.472 e. The van der Waals surface area contributed by atoms with Gasteiger partial charge in [-0.25, -0.2) is 9.13 Å². The molecular formula is C56H108O17P2. The number of unbranched alkanes of at least 4 members (excludes halogenated alkanes) is 31. The molecule has 0 saturated carbocycles. The van der Waals surface area contributed by atoms with Crippen LogP contribution in [0.4, 0.5) is 0 Å². The van der Waals surface area contributed by atoms with Gasteiger partial charge in [0.05, 0.1) is 26.4 Å². The normalized spacial score (nSPS) is 14.4. The molecule has 3 N–H and O–H groups in total. The van der Waals surface area contributed by atoms with Crippen molar-refractivity contribution < 1.29 is 80.2 Å². The number of phosphoric acid groups is 2. The second kappa shape index (κ2) is 51.5. The Labute approximate surface area is 454 Å². The van der Waals surface area contributed by atoms with Crippen LogP contribution in [0.3, 0.4) is 0 Å². The molecule has 2 unspecified atom stereocenters. The number of ether oxygens (including phenoxy) is 4. The molecule has 0 spiro atoms. The zero-order chi connectivity index (χ0) is 55.5. The van der Waals surface area contributed by atoms with Gasteiger partial charge < -0.3 is 33.8 Å². The molecule has 0 aliphatic rings. The number of carbonyl (C=O) groups is 4. The highest BCUT2D eigenvalue weighted by atomic mass is 31.2. The molecule has 0 rings (SSSR count). The number of hydrogen-bond acceptors (Lipinski definition) is 15. The van der Waals surface area contributed by atoms with E-state index in [2.05, 4.69) is 27.7 Å². The average molecular weight is 1120 g/mol. The first kappa shape index (κ1) is 73.1. The van der Waals surface area contributed by atoms with Gasteiger partial charge in [0.2, 0.25) is 0 Å². The summed E-state index contributed by atoms with van der Waals surface area (Å²) in [5, 5.41) is 10.5. The Hall–Kier alpha value is -1.94. The molecule has 0 heterocycles. The highest BCUT2D eigenvalue weighted by molar-refractivity contribution is 7.47. The first-order chi connectivity index (χ1) is 36.2. The smallest absolute Gasteiger partial charge is 0.462 e. The lowest BCUT2D eigenvalue weighted by Gasteiger charge is -2.21. The van der Waals surface area contributed by atoms with Crippen LogP contribution in [0.1, 0.15) is 278 Å². The number of hydrogen-bond donors (Lipinski definition) is 3. The van der Waals surface area contributed by atoms with Crippen LogP contribution in [0.2, 0.25) is 0 Å². The molecule has 0 bridgehead atoms. The number of rotatable bonds is 57. The molecule has 0 aromatic rings.